The van der Waals surface area contributed by atoms with Crippen LogP contribution in [0.25, 0.3) is 0 Å². The van der Waals surface area contributed by atoms with Crippen molar-refractivity contribution in [3.63, 3.8) is 0 Å². The van der Waals surface area contributed by atoms with Crippen LogP contribution in [0.4, 0.5) is 0 Å². The van der Waals surface area contributed by atoms with Crippen LogP contribution in [0, 0.1) is 11.8 Å². The summed E-state index contributed by atoms with van der Waals surface area (Å²) in [6, 6.07) is -0.0115. The molecule has 0 aromatic rings. The molecule has 1 amide bonds. The van der Waals surface area contributed by atoms with E-state index in [0.717, 1.165) is 6.42 Å². The minimum absolute atomic E-state index is 0.0115. The van der Waals surface area contributed by atoms with Gasteiger partial charge in [0.2, 0.25) is 5.91 Å². The summed E-state index contributed by atoms with van der Waals surface area (Å²) in [6.07, 6.45) is 2.12. The first kappa shape index (κ1) is 15.0. The van der Waals surface area contributed by atoms with Crippen LogP contribution in [0.3, 0.4) is 0 Å². The van der Waals surface area contributed by atoms with E-state index in [1.807, 2.05) is 13.8 Å². The third kappa shape index (κ3) is 3.22. The molecule has 0 saturated heterocycles. The fourth-order valence-corrected chi connectivity index (χ4v) is 2.78. The molecule has 1 rings (SSSR count). The Morgan fingerprint density at radius 2 is 2.00 bits per heavy atom. The van der Waals surface area contributed by atoms with Gasteiger partial charge < -0.3 is 14.7 Å². The van der Waals surface area contributed by atoms with Crippen LogP contribution in [0.15, 0.2) is 0 Å². The van der Waals surface area contributed by atoms with Crippen molar-refractivity contribution in [2.24, 2.45) is 11.8 Å². The van der Waals surface area contributed by atoms with Gasteiger partial charge in [0, 0.05) is 13.7 Å². The molecule has 5 heteroatoms. The maximum absolute atomic E-state index is 12.4. The van der Waals surface area contributed by atoms with E-state index in [1.165, 1.54) is 0 Å². The Labute approximate surface area is 108 Å². The number of carbonyl (C=O) groups excluding carboxylic acids is 1. The Morgan fingerprint density at radius 1 is 1.39 bits per heavy atom. The first-order valence-electron chi connectivity index (χ1n) is 6.55. The molecule has 1 aliphatic rings. The number of rotatable bonds is 6. The lowest BCUT2D eigenvalue weighted by Gasteiger charge is -2.31. The highest BCUT2D eigenvalue weighted by molar-refractivity contribution is 5.85. The number of amides is 1. The summed E-state index contributed by atoms with van der Waals surface area (Å²) in [7, 11) is 1.60. The van der Waals surface area contributed by atoms with Gasteiger partial charge in [-0.1, -0.05) is 6.42 Å². The van der Waals surface area contributed by atoms with E-state index >= 15 is 0 Å². The maximum Gasteiger partial charge on any atom is 0.307 e. The lowest BCUT2D eigenvalue weighted by molar-refractivity contribution is -0.150. The summed E-state index contributed by atoms with van der Waals surface area (Å²) in [5.41, 5.74) is 0. The first-order valence-corrected chi connectivity index (χ1v) is 6.55. The smallest absolute Gasteiger partial charge is 0.307 e. The molecular formula is C13H23NO4. The molecule has 0 heterocycles. The van der Waals surface area contributed by atoms with Crippen LogP contribution in [0.2, 0.25) is 0 Å². The highest BCUT2D eigenvalue weighted by Gasteiger charge is 2.40. The van der Waals surface area contributed by atoms with Crippen LogP contribution in [0.5, 0.6) is 0 Å². The fraction of sp³-hybridized carbons (Fsp3) is 0.846. The molecule has 0 aromatic heterocycles. The molecule has 1 aliphatic carbocycles. The minimum Gasteiger partial charge on any atom is -0.481 e. The third-order valence-electron chi connectivity index (χ3n) is 3.71. The van der Waals surface area contributed by atoms with Crippen LogP contribution in [-0.2, 0) is 14.3 Å². The zero-order valence-electron chi connectivity index (χ0n) is 11.4. The number of carboxylic acids is 1. The number of hydrogen-bond acceptors (Lipinski definition) is 3. The van der Waals surface area contributed by atoms with E-state index in [1.54, 1.807) is 12.0 Å². The van der Waals surface area contributed by atoms with Gasteiger partial charge >= 0.3 is 5.97 Å². The molecule has 3 unspecified atom stereocenters. The standard InChI is InChI=1S/C13H23NO4/c1-4-14(9(2)8-18-3)12(15)10-6-5-7-11(10)13(16)17/h9-11H,4-8H2,1-3H3,(H,16,17). The molecule has 0 aliphatic heterocycles. The molecule has 18 heavy (non-hydrogen) atoms. The SMILES string of the molecule is CCN(C(=O)C1CCCC1C(=O)O)C(C)COC. The summed E-state index contributed by atoms with van der Waals surface area (Å²) >= 11 is 0. The van der Waals surface area contributed by atoms with Gasteiger partial charge in [0.05, 0.1) is 24.5 Å². The van der Waals surface area contributed by atoms with Crippen molar-refractivity contribution in [1.82, 2.24) is 4.90 Å². The van der Waals surface area contributed by atoms with E-state index in [-0.39, 0.29) is 17.9 Å². The average molecular weight is 257 g/mol. The number of carboxylic acid groups (broad SMARTS) is 1. The van der Waals surface area contributed by atoms with Crippen LogP contribution < -0.4 is 0 Å². The van der Waals surface area contributed by atoms with E-state index in [9.17, 15) is 9.59 Å². The lowest BCUT2D eigenvalue weighted by Crippen LogP contribution is -2.45. The highest BCUT2D eigenvalue weighted by Crippen LogP contribution is 2.33. The van der Waals surface area contributed by atoms with E-state index in [2.05, 4.69) is 0 Å². The van der Waals surface area contributed by atoms with Crippen LogP contribution in [-0.4, -0.2) is 48.2 Å². The van der Waals surface area contributed by atoms with Crippen molar-refractivity contribution in [3.8, 4) is 0 Å². The predicted molar refractivity (Wildman–Crippen MR) is 67.2 cm³/mol. The van der Waals surface area contributed by atoms with Gasteiger partial charge in [-0.25, -0.2) is 0 Å². The number of hydrogen-bond donors (Lipinski definition) is 1. The van der Waals surface area contributed by atoms with Crippen molar-refractivity contribution in [2.45, 2.75) is 39.2 Å². The van der Waals surface area contributed by atoms with Gasteiger partial charge in [0.15, 0.2) is 0 Å². The largest absolute Gasteiger partial charge is 0.481 e. The summed E-state index contributed by atoms with van der Waals surface area (Å²) in [4.78, 5) is 25.3. The zero-order valence-corrected chi connectivity index (χ0v) is 11.4. The molecular weight excluding hydrogens is 234 g/mol. The molecule has 0 spiro atoms. The van der Waals surface area contributed by atoms with Gasteiger partial charge in [0.1, 0.15) is 0 Å². The molecule has 0 radical (unpaired) electrons. The summed E-state index contributed by atoms with van der Waals surface area (Å²) in [5, 5.41) is 9.13. The van der Waals surface area contributed by atoms with Gasteiger partial charge in [-0.2, -0.15) is 0 Å². The molecule has 104 valence electrons. The molecule has 0 aromatic carbocycles. The third-order valence-corrected chi connectivity index (χ3v) is 3.71. The molecule has 1 saturated carbocycles. The predicted octanol–water partition coefficient (Wildman–Crippen LogP) is 1.37. The number of ether oxygens (including phenoxy) is 1. The first-order chi connectivity index (χ1) is 8.52. The highest BCUT2D eigenvalue weighted by atomic mass is 16.5. The Kier molecular flexibility index (Phi) is 5.59. The van der Waals surface area contributed by atoms with Crippen molar-refractivity contribution in [1.29, 1.82) is 0 Å². The van der Waals surface area contributed by atoms with Crippen molar-refractivity contribution < 1.29 is 19.4 Å². The summed E-state index contributed by atoms with van der Waals surface area (Å²) in [5.74, 6) is -1.75. The second-order valence-electron chi connectivity index (χ2n) is 4.91. The Balaban J connectivity index is 2.74. The Morgan fingerprint density at radius 3 is 2.50 bits per heavy atom. The molecule has 1 N–H and O–H groups in total. The quantitative estimate of drug-likeness (QED) is 0.780. The second kappa shape index (κ2) is 6.73. The van der Waals surface area contributed by atoms with Gasteiger partial charge in [-0.3, -0.25) is 9.59 Å². The van der Waals surface area contributed by atoms with Crippen molar-refractivity contribution in [3.05, 3.63) is 0 Å². The Hall–Kier alpha value is -1.10. The van der Waals surface area contributed by atoms with Crippen LogP contribution in [0.1, 0.15) is 33.1 Å². The van der Waals surface area contributed by atoms with Gasteiger partial charge in [-0.15, -0.1) is 0 Å². The van der Waals surface area contributed by atoms with Gasteiger partial charge in [-0.05, 0) is 26.7 Å². The number of aliphatic carboxylic acids is 1. The zero-order chi connectivity index (χ0) is 13.7. The summed E-state index contributed by atoms with van der Waals surface area (Å²) < 4.78 is 5.06. The number of carbonyl (C=O) groups is 2. The monoisotopic (exact) mass is 257 g/mol. The lowest BCUT2D eigenvalue weighted by atomic mass is 9.94. The number of methoxy groups -OCH3 is 1. The topological polar surface area (TPSA) is 66.8 Å². The average Bonchev–Trinajstić information content (AvgIpc) is 2.79. The van der Waals surface area contributed by atoms with Gasteiger partial charge in [0.25, 0.3) is 0 Å². The number of nitrogens with zero attached hydrogens (tertiary/aromatic N) is 1. The van der Waals surface area contributed by atoms with Crippen molar-refractivity contribution in [2.75, 3.05) is 20.3 Å². The number of likely N-dealkylation sites (N-methyl/N-ethyl adjacent to an activating group) is 1. The van der Waals surface area contributed by atoms with Crippen molar-refractivity contribution >= 4 is 11.9 Å². The fourth-order valence-electron chi connectivity index (χ4n) is 2.78. The normalized spacial score (nSPS) is 24.8. The second-order valence-corrected chi connectivity index (χ2v) is 4.91. The van der Waals surface area contributed by atoms with E-state index < -0.39 is 11.9 Å². The minimum atomic E-state index is -0.846. The summed E-state index contributed by atoms with van der Waals surface area (Å²) in [6.45, 7) is 4.90. The van der Waals surface area contributed by atoms with E-state index in [4.69, 9.17) is 9.84 Å². The Bertz CT molecular complexity index is 305. The molecule has 1 fully saturated rings. The van der Waals surface area contributed by atoms with E-state index in [0.29, 0.717) is 26.0 Å². The molecule has 5 nitrogen and oxygen atoms in total. The maximum atomic E-state index is 12.4. The van der Waals surface area contributed by atoms with Crippen LogP contribution >= 0.6 is 0 Å². The molecule has 3 atom stereocenters. The molecule has 0 bridgehead atoms.